The number of allylic oxidation sites excluding steroid dienone is 6. The van der Waals surface area contributed by atoms with Gasteiger partial charge >= 0.3 is 6.03 Å². The Hall–Kier alpha value is -2.10. The van der Waals surface area contributed by atoms with E-state index in [1.807, 2.05) is 25.2 Å². The molecule has 0 radical (unpaired) electrons. The first-order valence-corrected chi connectivity index (χ1v) is 6.39. The molecule has 2 N–H and O–H groups in total. The van der Waals surface area contributed by atoms with Crippen LogP contribution in [0.3, 0.4) is 0 Å². The van der Waals surface area contributed by atoms with Gasteiger partial charge in [-0.2, -0.15) is 0 Å². The average Bonchev–Trinajstić information content (AvgIpc) is 2.64. The fraction of sp³-hybridized carbons (Fsp3) is 0.333. The third-order valence-corrected chi connectivity index (χ3v) is 2.77. The van der Waals surface area contributed by atoms with Crippen molar-refractivity contribution in [3.05, 3.63) is 48.1 Å². The van der Waals surface area contributed by atoms with E-state index in [-0.39, 0.29) is 6.03 Å². The van der Waals surface area contributed by atoms with E-state index in [1.165, 1.54) is 0 Å². The van der Waals surface area contributed by atoms with Crippen LogP contribution in [-0.4, -0.2) is 31.9 Å². The Morgan fingerprint density at radius 1 is 1.47 bits per heavy atom. The molecule has 4 nitrogen and oxygen atoms in total. The van der Waals surface area contributed by atoms with Crippen LogP contribution in [0, 0.1) is 0 Å². The molecule has 2 amide bonds. The minimum absolute atomic E-state index is 0.153. The Kier molecular flexibility index (Phi) is 6.36. The lowest BCUT2D eigenvalue weighted by Crippen LogP contribution is -2.36. The fourth-order valence-corrected chi connectivity index (χ4v) is 1.83. The third kappa shape index (κ3) is 4.58. The Morgan fingerprint density at radius 2 is 2.26 bits per heavy atom. The largest absolute Gasteiger partial charge is 0.338 e. The molecule has 0 bridgehead atoms. The van der Waals surface area contributed by atoms with Crippen LogP contribution >= 0.6 is 0 Å². The van der Waals surface area contributed by atoms with Gasteiger partial charge in [-0.25, -0.2) is 4.79 Å². The molecule has 0 saturated carbocycles. The zero-order chi connectivity index (χ0) is 14.1. The molecule has 0 aromatic carbocycles. The molecule has 19 heavy (non-hydrogen) atoms. The maximum Gasteiger partial charge on any atom is 0.315 e. The van der Waals surface area contributed by atoms with Crippen molar-refractivity contribution in [2.75, 3.05) is 20.1 Å². The summed E-state index contributed by atoms with van der Waals surface area (Å²) in [6.45, 7) is 6.79. The summed E-state index contributed by atoms with van der Waals surface area (Å²) in [6, 6.07) is -0.153. The number of carbonyl (C=O) groups excluding carboxylic acids is 1. The molecule has 0 fully saturated rings. The first-order chi connectivity index (χ1) is 9.22. The molecular formula is C15H21N3O. The van der Waals surface area contributed by atoms with Gasteiger partial charge in [-0.1, -0.05) is 30.9 Å². The molecule has 0 atom stereocenters. The van der Waals surface area contributed by atoms with Crippen LogP contribution in [0.2, 0.25) is 0 Å². The first-order valence-electron chi connectivity index (χ1n) is 6.39. The normalized spacial score (nSPS) is 15.2. The van der Waals surface area contributed by atoms with Crippen molar-refractivity contribution in [3.8, 4) is 0 Å². The van der Waals surface area contributed by atoms with Crippen molar-refractivity contribution in [3.63, 3.8) is 0 Å². The van der Waals surface area contributed by atoms with Gasteiger partial charge in [0.25, 0.3) is 0 Å². The Balaban J connectivity index is 2.88. The van der Waals surface area contributed by atoms with Crippen LogP contribution in [0.25, 0.3) is 0 Å². The van der Waals surface area contributed by atoms with E-state index in [1.54, 1.807) is 13.1 Å². The maximum absolute atomic E-state index is 11.5. The van der Waals surface area contributed by atoms with E-state index in [0.717, 1.165) is 23.3 Å². The van der Waals surface area contributed by atoms with E-state index in [4.69, 9.17) is 0 Å². The molecule has 0 aliphatic heterocycles. The molecule has 0 saturated heterocycles. The molecule has 1 rings (SSSR count). The van der Waals surface area contributed by atoms with Crippen molar-refractivity contribution >= 4 is 11.7 Å². The highest BCUT2D eigenvalue weighted by atomic mass is 16.2. The number of amides is 2. The lowest BCUT2D eigenvalue weighted by molar-refractivity contribution is 0.242. The van der Waals surface area contributed by atoms with Crippen molar-refractivity contribution in [2.45, 2.75) is 13.3 Å². The molecule has 0 aromatic rings. The molecule has 0 unspecified atom stereocenters. The van der Waals surface area contributed by atoms with E-state index in [9.17, 15) is 4.79 Å². The minimum Gasteiger partial charge on any atom is -0.338 e. The van der Waals surface area contributed by atoms with Gasteiger partial charge in [-0.15, -0.1) is 0 Å². The van der Waals surface area contributed by atoms with Gasteiger partial charge in [0.05, 0.1) is 5.71 Å². The number of carbonyl (C=O) groups is 1. The van der Waals surface area contributed by atoms with Crippen molar-refractivity contribution in [2.24, 2.45) is 4.99 Å². The van der Waals surface area contributed by atoms with Gasteiger partial charge in [-0.05, 0) is 25.0 Å². The smallest absolute Gasteiger partial charge is 0.315 e. The van der Waals surface area contributed by atoms with Crippen LogP contribution in [0.4, 0.5) is 4.79 Å². The predicted octanol–water partition coefficient (Wildman–Crippen LogP) is 2.38. The molecule has 0 heterocycles. The van der Waals surface area contributed by atoms with Crippen molar-refractivity contribution in [1.29, 1.82) is 0 Å². The van der Waals surface area contributed by atoms with Gasteiger partial charge in [-0.3, -0.25) is 4.99 Å². The monoisotopic (exact) mass is 259 g/mol. The molecular weight excluding hydrogens is 238 g/mol. The standard InChI is InChI=1S/C15H21N3O/c1-4-14(16-3)13-10-8-6-7-9-12(13)11-18-15(19)17-5-2/h4,6-8,10H,1,5,9,11H2,2-3H3,(H2,17,18,19). The fourth-order valence-electron chi connectivity index (χ4n) is 1.83. The highest BCUT2D eigenvalue weighted by Crippen LogP contribution is 2.16. The summed E-state index contributed by atoms with van der Waals surface area (Å²) < 4.78 is 0. The van der Waals surface area contributed by atoms with Crippen molar-refractivity contribution in [1.82, 2.24) is 10.6 Å². The van der Waals surface area contributed by atoms with Crippen LogP contribution in [-0.2, 0) is 0 Å². The number of rotatable bonds is 5. The number of hydrogen-bond acceptors (Lipinski definition) is 2. The summed E-state index contributed by atoms with van der Waals surface area (Å²) >= 11 is 0. The van der Waals surface area contributed by atoms with Crippen LogP contribution < -0.4 is 10.6 Å². The molecule has 0 spiro atoms. The summed E-state index contributed by atoms with van der Waals surface area (Å²) in [4.78, 5) is 15.7. The summed E-state index contributed by atoms with van der Waals surface area (Å²) in [6.07, 6.45) is 10.6. The highest BCUT2D eigenvalue weighted by Gasteiger charge is 2.10. The molecule has 1 aliphatic rings. The molecule has 0 aromatic heterocycles. The predicted molar refractivity (Wildman–Crippen MR) is 80.6 cm³/mol. The lowest BCUT2D eigenvalue weighted by atomic mass is 10.0. The van der Waals surface area contributed by atoms with Crippen molar-refractivity contribution < 1.29 is 4.79 Å². The number of urea groups is 1. The molecule has 1 aliphatic carbocycles. The van der Waals surface area contributed by atoms with E-state index >= 15 is 0 Å². The second-order valence-electron chi connectivity index (χ2n) is 4.03. The van der Waals surface area contributed by atoms with Crippen LogP contribution in [0.15, 0.2) is 53.1 Å². The quantitative estimate of drug-likeness (QED) is 0.732. The molecule has 4 heteroatoms. The maximum atomic E-state index is 11.5. The number of hydrogen-bond donors (Lipinski definition) is 2. The second kappa shape index (κ2) is 8.08. The van der Waals surface area contributed by atoms with Gasteiger partial charge in [0, 0.05) is 25.7 Å². The van der Waals surface area contributed by atoms with E-state index in [2.05, 4.69) is 28.3 Å². The highest BCUT2D eigenvalue weighted by molar-refractivity contribution is 6.10. The van der Waals surface area contributed by atoms with E-state index < -0.39 is 0 Å². The molecule has 102 valence electrons. The zero-order valence-corrected chi connectivity index (χ0v) is 11.6. The average molecular weight is 259 g/mol. The zero-order valence-electron chi connectivity index (χ0n) is 11.6. The summed E-state index contributed by atoms with van der Waals surface area (Å²) in [7, 11) is 1.74. The summed E-state index contributed by atoms with van der Waals surface area (Å²) in [5, 5.41) is 5.56. The second-order valence-corrected chi connectivity index (χ2v) is 4.03. The summed E-state index contributed by atoms with van der Waals surface area (Å²) in [5.41, 5.74) is 2.99. The first kappa shape index (κ1) is 15.0. The third-order valence-electron chi connectivity index (χ3n) is 2.77. The Bertz CT molecular complexity index is 456. The Labute approximate surface area is 114 Å². The lowest BCUT2D eigenvalue weighted by Gasteiger charge is -2.12. The van der Waals surface area contributed by atoms with Gasteiger partial charge in [0.2, 0.25) is 0 Å². The SMILES string of the molecule is C=CC(=NC)C1=C(CNC(=O)NCC)CC=CC=C1. The van der Waals surface area contributed by atoms with Crippen LogP contribution in [0.5, 0.6) is 0 Å². The van der Waals surface area contributed by atoms with Gasteiger partial charge in [0.15, 0.2) is 0 Å². The number of nitrogens with one attached hydrogen (secondary N) is 2. The van der Waals surface area contributed by atoms with E-state index in [0.29, 0.717) is 13.1 Å². The summed E-state index contributed by atoms with van der Waals surface area (Å²) in [5.74, 6) is 0. The minimum atomic E-state index is -0.153. The number of aliphatic imine (C=N–C) groups is 1. The number of nitrogens with zero attached hydrogens (tertiary/aromatic N) is 1. The van der Waals surface area contributed by atoms with Gasteiger partial charge < -0.3 is 10.6 Å². The topological polar surface area (TPSA) is 53.5 Å². The Morgan fingerprint density at radius 3 is 2.89 bits per heavy atom. The van der Waals surface area contributed by atoms with Crippen LogP contribution in [0.1, 0.15) is 13.3 Å². The van der Waals surface area contributed by atoms with Gasteiger partial charge in [0.1, 0.15) is 0 Å².